The lowest BCUT2D eigenvalue weighted by Crippen LogP contribution is -2.32. The first-order valence-corrected chi connectivity index (χ1v) is 23.3. The van der Waals surface area contributed by atoms with E-state index in [-0.39, 0.29) is 26.4 Å². The molecule has 59 heavy (non-hydrogen) atoms. The molecule has 7 nitrogen and oxygen atoms in total. The Morgan fingerprint density at radius 1 is 0.661 bits per heavy atom. The van der Waals surface area contributed by atoms with Gasteiger partial charge in [0.15, 0.2) is 0 Å². The van der Waals surface area contributed by atoms with E-state index < -0.39 is 17.4 Å². The molecule has 0 heterocycles. The van der Waals surface area contributed by atoms with Crippen LogP contribution in [-0.4, -0.2) is 55.2 Å². The van der Waals surface area contributed by atoms with Gasteiger partial charge in [-0.05, 0) is 155 Å². The minimum Gasteiger partial charge on any atom is -0.493 e. The molecule has 0 spiro atoms. The lowest BCUT2D eigenvalue weighted by atomic mass is 9.68. The van der Waals surface area contributed by atoms with Crippen molar-refractivity contribution >= 4 is 11.9 Å². The number of aliphatic hydroxyl groups excluding tert-OH is 2. The van der Waals surface area contributed by atoms with Crippen molar-refractivity contribution in [3.05, 3.63) is 77.4 Å². The SMILES string of the molecule is C=C(C)C(=O)OCCCc1cc(-c2ccc(C3CCC(C4CCC(CCCCC)CC4)CC3)cc2)cc(CCCOC(=O)C(=C)C)c1OCCC(CO)(CO)CCCC. The summed E-state index contributed by atoms with van der Waals surface area (Å²) in [7, 11) is 0. The molecule has 0 radical (unpaired) electrons. The monoisotopic (exact) mass is 815 g/mol. The summed E-state index contributed by atoms with van der Waals surface area (Å²) in [6.07, 6.45) is 22.2. The maximum absolute atomic E-state index is 12.2. The zero-order valence-corrected chi connectivity index (χ0v) is 37.3. The number of benzene rings is 2. The predicted molar refractivity (Wildman–Crippen MR) is 241 cm³/mol. The van der Waals surface area contributed by atoms with Crippen LogP contribution in [0.25, 0.3) is 11.1 Å². The highest BCUT2D eigenvalue weighted by molar-refractivity contribution is 5.87. The lowest BCUT2D eigenvalue weighted by molar-refractivity contribution is -0.139. The van der Waals surface area contributed by atoms with E-state index in [1.807, 2.05) is 0 Å². The van der Waals surface area contributed by atoms with Crippen molar-refractivity contribution in [3.63, 3.8) is 0 Å². The van der Waals surface area contributed by atoms with Crippen molar-refractivity contribution in [3.8, 4) is 16.9 Å². The summed E-state index contributed by atoms with van der Waals surface area (Å²) in [4.78, 5) is 24.3. The zero-order valence-electron chi connectivity index (χ0n) is 37.3. The van der Waals surface area contributed by atoms with E-state index in [1.54, 1.807) is 13.8 Å². The van der Waals surface area contributed by atoms with Crippen LogP contribution in [0, 0.1) is 23.2 Å². The summed E-state index contributed by atoms with van der Waals surface area (Å²) >= 11 is 0. The van der Waals surface area contributed by atoms with Gasteiger partial charge < -0.3 is 24.4 Å². The molecule has 4 rings (SSSR count). The molecule has 0 bridgehead atoms. The molecule has 2 aliphatic rings. The highest BCUT2D eigenvalue weighted by Gasteiger charge is 2.32. The zero-order chi connectivity index (χ0) is 42.6. The van der Waals surface area contributed by atoms with E-state index in [0.717, 1.165) is 65.0 Å². The van der Waals surface area contributed by atoms with Gasteiger partial charge in [-0.2, -0.15) is 0 Å². The van der Waals surface area contributed by atoms with Crippen molar-refractivity contribution in [1.29, 1.82) is 0 Å². The quantitative estimate of drug-likeness (QED) is 0.0554. The number of aryl methyl sites for hydroxylation is 2. The average Bonchev–Trinajstić information content (AvgIpc) is 3.25. The van der Waals surface area contributed by atoms with Crippen LogP contribution in [0.4, 0.5) is 0 Å². The molecule has 7 heteroatoms. The minimum atomic E-state index is -0.613. The molecular weight excluding hydrogens is 737 g/mol. The topological polar surface area (TPSA) is 102 Å². The molecule has 0 amide bonds. The van der Waals surface area contributed by atoms with Crippen LogP contribution in [0.15, 0.2) is 60.7 Å². The average molecular weight is 815 g/mol. The number of hydrogen-bond donors (Lipinski definition) is 2. The van der Waals surface area contributed by atoms with Gasteiger partial charge >= 0.3 is 11.9 Å². The van der Waals surface area contributed by atoms with Gasteiger partial charge in [-0.25, -0.2) is 9.59 Å². The number of aliphatic hydroxyl groups is 2. The van der Waals surface area contributed by atoms with Gasteiger partial charge in [0.05, 0.1) is 33.0 Å². The van der Waals surface area contributed by atoms with E-state index in [0.29, 0.717) is 55.8 Å². The van der Waals surface area contributed by atoms with Gasteiger partial charge in [-0.3, -0.25) is 0 Å². The summed E-state index contributed by atoms with van der Waals surface area (Å²) in [5.74, 6) is 3.38. The van der Waals surface area contributed by atoms with Gasteiger partial charge in [0.25, 0.3) is 0 Å². The smallest absolute Gasteiger partial charge is 0.333 e. The third-order valence-corrected chi connectivity index (χ3v) is 13.5. The number of carbonyl (C=O) groups is 2. The number of ether oxygens (including phenoxy) is 3. The molecule has 328 valence electrons. The van der Waals surface area contributed by atoms with Crippen molar-refractivity contribution in [1.82, 2.24) is 0 Å². The second-order valence-electron chi connectivity index (χ2n) is 18.2. The Morgan fingerprint density at radius 3 is 1.68 bits per heavy atom. The Labute approximate surface area is 357 Å². The molecule has 0 saturated heterocycles. The van der Waals surface area contributed by atoms with Crippen molar-refractivity contribution < 1.29 is 34.0 Å². The fourth-order valence-electron chi connectivity index (χ4n) is 9.49. The molecule has 2 fully saturated rings. The van der Waals surface area contributed by atoms with Crippen LogP contribution in [0.1, 0.15) is 166 Å². The van der Waals surface area contributed by atoms with Crippen LogP contribution >= 0.6 is 0 Å². The number of hydrogen-bond acceptors (Lipinski definition) is 7. The normalized spacial score (nSPS) is 19.6. The van der Waals surface area contributed by atoms with E-state index in [1.165, 1.54) is 82.6 Å². The first kappa shape index (κ1) is 48.2. The molecule has 2 aromatic carbocycles. The Hall–Kier alpha value is -3.42. The van der Waals surface area contributed by atoms with Crippen LogP contribution in [0.3, 0.4) is 0 Å². The molecule has 0 aromatic heterocycles. The number of rotatable bonds is 26. The van der Waals surface area contributed by atoms with Crippen molar-refractivity contribution in [2.45, 2.75) is 162 Å². The second kappa shape index (κ2) is 25.4. The van der Waals surface area contributed by atoms with Gasteiger partial charge in [-0.1, -0.05) is 103 Å². The number of unbranched alkanes of at least 4 members (excludes halogenated alkanes) is 3. The van der Waals surface area contributed by atoms with E-state index in [9.17, 15) is 19.8 Å². The maximum Gasteiger partial charge on any atom is 0.333 e. The first-order valence-electron chi connectivity index (χ1n) is 23.3. The molecule has 0 aliphatic heterocycles. The third kappa shape index (κ3) is 15.2. The van der Waals surface area contributed by atoms with Crippen LogP contribution in [0.2, 0.25) is 0 Å². The Bertz CT molecular complexity index is 1530. The van der Waals surface area contributed by atoms with Crippen LogP contribution in [0.5, 0.6) is 5.75 Å². The molecule has 0 atom stereocenters. The first-order chi connectivity index (χ1) is 28.5. The third-order valence-electron chi connectivity index (χ3n) is 13.5. The molecule has 2 aliphatic carbocycles. The fourth-order valence-corrected chi connectivity index (χ4v) is 9.49. The second-order valence-corrected chi connectivity index (χ2v) is 18.2. The number of esters is 2. The minimum absolute atomic E-state index is 0.106. The summed E-state index contributed by atoms with van der Waals surface area (Å²) in [6, 6.07) is 13.6. The van der Waals surface area contributed by atoms with E-state index in [2.05, 4.69) is 63.4 Å². The summed E-state index contributed by atoms with van der Waals surface area (Å²) in [5.41, 5.74) is 5.80. The molecule has 2 aromatic rings. The Morgan fingerprint density at radius 2 is 1.19 bits per heavy atom. The summed E-state index contributed by atoms with van der Waals surface area (Å²) in [5, 5.41) is 20.6. The Balaban J connectivity index is 1.52. The number of carbonyl (C=O) groups excluding carboxylic acids is 2. The molecular formula is C52H78O7. The largest absolute Gasteiger partial charge is 0.493 e. The standard InChI is InChI=1S/C52H78O7/c1-7-9-11-14-40-17-19-41(20-18-40)42-21-23-43(24-22-42)44-25-27-45(28-26-44)48-34-46(15-12-31-58-50(55)38(3)4)49(47(35-48)16-13-32-59-51(56)39(5)6)57-33-30-52(36-53,37-54)29-10-8-2/h25-28,34-35,40-43,53-54H,3,5,7-24,29-33,36-37H2,1-2,4,6H3. The highest BCUT2D eigenvalue weighted by Crippen LogP contribution is 2.45. The fraction of sp³-hybridized carbons (Fsp3) is 0.654. The predicted octanol–water partition coefficient (Wildman–Crippen LogP) is 12.0. The molecule has 0 unspecified atom stereocenters. The van der Waals surface area contributed by atoms with Gasteiger partial charge in [0.1, 0.15) is 5.75 Å². The Kier molecular flexibility index (Phi) is 20.8. The van der Waals surface area contributed by atoms with E-state index in [4.69, 9.17) is 14.2 Å². The molecule has 2 saturated carbocycles. The van der Waals surface area contributed by atoms with Crippen molar-refractivity contribution in [2.24, 2.45) is 23.2 Å². The highest BCUT2D eigenvalue weighted by atomic mass is 16.5. The van der Waals surface area contributed by atoms with Gasteiger partial charge in [0, 0.05) is 16.6 Å². The van der Waals surface area contributed by atoms with Crippen LogP contribution in [-0.2, 0) is 31.9 Å². The summed E-state index contributed by atoms with van der Waals surface area (Å²) in [6.45, 7) is 15.8. The van der Waals surface area contributed by atoms with Gasteiger partial charge in [0.2, 0.25) is 0 Å². The summed E-state index contributed by atoms with van der Waals surface area (Å²) < 4.78 is 17.6. The van der Waals surface area contributed by atoms with Crippen LogP contribution < -0.4 is 4.74 Å². The molecule has 2 N–H and O–H groups in total. The lowest BCUT2D eigenvalue weighted by Gasteiger charge is -2.38. The van der Waals surface area contributed by atoms with Crippen molar-refractivity contribution in [2.75, 3.05) is 33.0 Å². The maximum atomic E-state index is 12.2. The van der Waals surface area contributed by atoms with Gasteiger partial charge in [-0.15, -0.1) is 0 Å². The van der Waals surface area contributed by atoms with E-state index >= 15 is 0 Å².